The molecule has 108 valence electrons. The van der Waals surface area contributed by atoms with Crippen LogP contribution in [0.4, 0.5) is 4.39 Å². The lowest BCUT2D eigenvalue weighted by Gasteiger charge is -2.14. The van der Waals surface area contributed by atoms with Crippen LogP contribution < -0.4 is 0 Å². The number of fused-ring (bicyclic) bond motifs is 1. The van der Waals surface area contributed by atoms with E-state index in [0.717, 1.165) is 24.0 Å². The molecule has 0 amide bonds. The summed E-state index contributed by atoms with van der Waals surface area (Å²) in [6.07, 6.45) is 1.01. The fraction of sp³-hybridized carbons (Fsp3) is 0.438. The largest absolute Gasteiger partial charge is 0.290 e. The van der Waals surface area contributed by atoms with Crippen LogP contribution in [0.3, 0.4) is 0 Å². The molecule has 2 heterocycles. The average Bonchev–Trinajstić information content (AvgIpc) is 3.15. The molecule has 2 atom stereocenters. The molecule has 0 N–H and O–H groups in total. The minimum Gasteiger partial charge on any atom is -0.290 e. The zero-order valence-corrected chi connectivity index (χ0v) is 11.8. The quantitative estimate of drug-likeness (QED) is 0.814. The van der Waals surface area contributed by atoms with E-state index in [9.17, 15) is 9.18 Å². The summed E-state index contributed by atoms with van der Waals surface area (Å²) in [6.45, 7) is 2.01. The van der Waals surface area contributed by atoms with Gasteiger partial charge in [-0.15, -0.1) is 5.10 Å². The third kappa shape index (κ3) is 1.99. The molecule has 4 rings (SSSR count). The van der Waals surface area contributed by atoms with E-state index in [2.05, 4.69) is 10.1 Å². The van der Waals surface area contributed by atoms with Crippen LogP contribution in [0.1, 0.15) is 59.0 Å². The molecular formula is C16H16FN3O. The summed E-state index contributed by atoms with van der Waals surface area (Å²) in [4.78, 5) is 16.2. The van der Waals surface area contributed by atoms with E-state index < -0.39 is 6.17 Å². The van der Waals surface area contributed by atoms with Gasteiger partial charge in [0.25, 0.3) is 0 Å². The highest BCUT2D eigenvalue weighted by molar-refractivity contribution is 5.95. The van der Waals surface area contributed by atoms with Crippen LogP contribution in [-0.2, 0) is 0 Å². The fourth-order valence-electron chi connectivity index (χ4n) is 3.03. The number of hydrogen-bond donors (Lipinski definition) is 0. The fourth-order valence-corrected chi connectivity index (χ4v) is 3.03. The number of nitrogens with zero attached hydrogens (tertiary/aromatic N) is 3. The summed E-state index contributed by atoms with van der Waals surface area (Å²) in [5.74, 6) is 0.511. The number of ketones is 1. The minimum atomic E-state index is -1.15. The zero-order chi connectivity index (χ0) is 14.6. The number of hydrogen-bond acceptors (Lipinski definition) is 3. The predicted octanol–water partition coefficient (Wildman–Crippen LogP) is 3.18. The van der Waals surface area contributed by atoms with Gasteiger partial charge in [0.15, 0.2) is 12.0 Å². The van der Waals surface area contributed by atoms with Gasteiger partial charge in [-0.05, 0) is 30.9 Å². The van der Waals surface area contributed by atoms with Crippen LogP contribution in [-0.4, -0.2) is 20.5 Å². The Labute approximate surface area is 122 Å². The first-order valence-electron chi connectivity index (χ1n) is 7.35. The maximum atomic E-state index is 14.2. The summed E-state index contributed by atoms with van der Waals surface area (Å²) in [6, 6.07) is 7.75. The highest BCUT2D eigenvalue weighted by atomic mass is 19.1. The molecule has 4 nitrogen and oxygen atoms in total. The second-order valence-corrected chi connectivity index (χ2v) is 5.95. The SMILES string of the molecule is Cc1ccccc1[C@@H]1C[C@@H](F)c2nc(C(=O)C3CC3)nn21. The van der Waals surface area contributed by atoms with E-state index in [1.165, 1.54) is 0 Å². The number of benzene rings is 1. The Bertz CT molecular complexity index is 720. The Balaban J connectivity index is 1.75. The van der Waals surface area contributed by atoms with Crippen LogP contribution in [0, 0.1) is 12.8 Å². The number of carbonyl (C=O) groups is 1. The Morgan fingerprint density at radius 3 is 2.81 bits per heavy atom. The van der Waals surface area contributed by atoms with Crippen molar-refractivity contribution in [2.24, 2.45) is 5.92 Å². The molecule has 0 unspecified atom stereocenters. The number of Topliss-reactive ketones (excluding diaryl/α,β-unsaturated/α-hetero) is 1. The van der Waals surface area contributed by atoms with Gasteiger partial charge in [0.05, 0.1) is 6.04 Å². The topological polar surface area (TPSA) is 47.8 Å². The van der Waals surface area contributed by atoms with E-state index in [-0.39, 0.29) is 23.6 Å². The van der Waals surface area contributed by atoms with Crippen molar-refractivity contribution in [3.05, 3.63) is 47.0 Å². The summed E-state index contributed by atoms with van der Waals surface area (Å²) in [7, 11) is 0. The molecular weight excluding hydrogens is 269 g/mol. The molecule has 5 heteroatoms. The number of aryl methyl sites for hydroxylation is 1. The molecule has 0 spiro atoms. The Kier molecular flexibility index (Phi) is 2.71. The smallest absolute Gasteiger partial charge is 0.217 e. The molecule has 2 aliphatic rings. The molecule has 21 heavy (non-hydrogen) atoms. The first-order valence-corrected chi connectivity index (χ1v) is 7.35. The summed E-state index contributed by atoms with van der Waals surface area (Å²) < 4.78 is 15.9. The van der Waals surface area contributed by atoms with Crippen LogP contribution in [0.2, 0.25) is 0 Å². The molecule has 1 fully saturated rings. The Hall–Kier alpha value is -2.04. The highest BCUT2D eigenvalue weighted by Crippen LogP contribution is 2.41. The predicted molar refractivity (Wildman–Crippen MR) is 74.9 cm³/mol. The number of alkyl halides is 1. The van der Waals surface area contributed by atoms with Crippen molar-refractivity contribution in [2.45, 2.75) is 38.4 Å². The van der Waals surface area contributed by atoms with Crippen molar-refractivity contribution in [2.75, 3.05) is 0 Å². The van der Waals surface area contributed by atoms with E-state index in [1.54, 1.807) is 4.68 Å². The summed E-state index contributed by atoms with van der Waals surface area (Å²) in [5, 5.41) is 4.32. The molecule has 0 radical (unpaired) electrons. The van der Waals surface area contributed by atoms with Crippen molar-refractivity contribution >= 4 is 5.78 Å². The second kappa shape index (κ2) is 4.48. The van der Waals surface area contributed by atoms with Crippen molar-refractivity contribution in [1.82, 2.24) is 14.8 Å². The standard InChI is InChI=1S/C16H16FN3O/c1-9-4-2-3-5-11(9)13-8-12(17)16-18-15(19-20(13)16)14(21)10-6-7-10/h2-5,10,12-13H,6-8H2,1H3/t12-,13+/m1/s1. The first-order chi connectivity index (χ1) is 10.1. The van der Waals surface area contributed by atoms with Gasteiger partial charge in [-0.25, -0.2) is 14.1 Å². The van der Waals surface area contributed by atoms with Gasteiger partial charge < -0.3 is 0 Å². The van der Waals surface area contributed by atoms with Crippen LogP contribution in [0.25, 0.3) is 0 Å². The molecule has 1 aromatic carbocycles. The lowest BCUT2D eigenvalue weighted by Crippen LogP contribution is -2.11. The van der Waals surface area contributed by atoms with E-state index >= 15 is 0 Å². The van der Waals surface area contributed by atoms with E-state index in [1.807, 2.05) is 31.2 Å². The molecule has 1 aromatic heterocycles. The van der Waals surface area contributed by atoms with Crippen LogP contribution in [0.5, 0.6) is 0 Å². The van der Waals surface area contributed by atoms with Gasteiger partial charge in [0.1, 0.15) is 0 Å². The number of halogens is 1. The third-order valence-corrected chi connectivity index (χ3v) is 4.38. The summed E-state index contributed by atoms with van der Waals surface area (Å²) in [5.41, 5.74) is 2.15. The van der Waals surface area contributed by atoms with Crippen molar-refractivity contribution in [1.29, 1.82) is 0 Å². The monoisotopic (exact) mass is 285 g/mol. The second-order valence-electron chi connectivity index (χ2n) is 5.95. The molecule has 1 saturated carbocycles. The van der Waals surface area contributed by atoms with E-state index in [0.29, 0.717) is 12.2 Å². The lowest BCUT2D eigenvalue weighted by molar-refractivity contribution is 0.0956. The first kappa shape index (κ1) is 12.7. The normalized spacial score (nSPS) is 24.1. The maximum Gasteiger partial charge on any atom is 0.217 e. The van der Waals surface area contributed by atoms with Gasteiger partial charge in [-0.1, -0.05) is 24.3 Å². The molecule has 2 aromatic rings. The van der Waals surface area contributed by atoms with Crippen molar-refractivity contribution in [3.8, 4) is 0 Å². The third-order valence-electron chi connectivity index (χ3n) is 4.38. The summed E-state index contributed by atoms with van der Waals surface area (Å²) >= 11 is 0. The van der Waals surface area contributed by atoms with Crippen molar-refractivity contribution < 1.29 is 9.18 Å². The van der Waals surface area contributed by atoms with Gasteiger partial charge in [0, 0.05) is 12.3 Å². The molecule has 1 aliphatic carbocycles. The highest BCUT2D eigenvalue weighted by Gasteiger charge is 2.39. The van der Waals surface area contributed by atoms with E-state index in [4.69, 9.17) is 0 Å². The molecule has 0 saturated heterocycles. The van der Waals surface area contributed by atoms with Crippen molar-refractivity contribution in [3.63, 3.8) is 0 Å². The minimum absolute atomic E-state index is 0.0346. The van der Waals surface area contributed by atoms with Gasteiger partial charge in [-0.3, -0.25) is 4.79 Å². The Morgan fingerprint density at radius 1 is 1.33 bits per heavy atom. The number of aromatic nitrogens is 3. The molecule has 1 aliphatic heterocycles. The zero-order valence-electron chi connectivity index (χ0n) is 11.8. The number of carbonyl (C=O) groups excluding carboxylic acids is 1. The molecule has 0 bridgehead atoms. The van der Waals surface area contributed by atoms with Gasteiger partial charge in [-0.2, -0.15) is 0 Å². The van der Waals surface area contributed by atoms with Gasteiger partial charge >= 0.3 is 0 Å². The van der Waals surface area contributed by atoms with Gasteiger partial charge in [0.2, 0.25) is 11.6 Å². The van der Waals surface area contributed by atoms with Crippen LogP contribution in [0.15, 0.2) is 24.3 Å². The lowest BCUT2D eigenvalue weighted by atomic mass is 9.99. The number of rotatable bonds is 3. The maximum absolute atomic E-state index is 14.2. The Morgan fingerprint density at radius 2 is 2.10 bits per heavy atom. The average molecular weight is 285 g/mol. The van der Waals surface area contributed by atoms with Crippen LogP contribution >= 0.6 is 0 Å².